The second-order valence-corrected chi connectivity index (χ2v) is 6.25. The van der Waals surface area contributed by atoms with Crippen LogP contribution >= 0.6 is 0 Å². The van der Waals surface area contributed by atoms with E-state index in [1.807, 2.05) is 19.1 Å². The lowest BCUT2D eigenvalue weighted by Gasteiger charge is -2.08. The van der Waals surface area contributed by atoms with E-state index in [0.29, 0.717) is 16.7 Å². The number of rotatable bonds is 3. The van der Waals surface area contributed by atoms with Crippen molar-refractivity contribution in [1.29, 1.82) is 0 Å². The van der Waals surface area contributed by atoms with Crippen molar-refractivity contribution in [2.24, 2.45) is 16.7 Å². The molecule has 1 aromatic rings. The van der Waals surface area contributed by atoms with Crippen LogP contribution in [0.2, 0.25) is 0 Å². The summed E-state index contributed by atoms with van der Waals surface area (Å²) in [5.74, 6) is 1.63. The Morgan fingerprint density at radius 3 is 2.29 bits per heavy atom. The maximum atomic E-state index is 5.75. The number of hydrogen-bond acceptors (Lipinski definition) is 3. The molecule has 1 aliphatic carbocycles. The Labute approximate surface area is 104 Å². The second-order valence-electron chi connectivity index (χ2n) is 6.25. The number of aromatic nitrogens is 1. The minimum Gasteiger partial charge on any atom is -0.397 e. The van der Waals surface area contributed by atoms with Gasteiger partial charge in [-0.2, -0.15) is 0 Å². The van der Waals surface area contributed by atoms with Crippen LogP contribution in [-0.2, 0) is 0 Å². The molecule has 1 heterocycles. The van der Waals surface area contributed by atoms with E-state index < -0.39 is 0 Å². The fourth-order valence-electron chi connectivity index (χ4n) is 2.72. The maximum Gasteiger partial charge on any atom is 0.126 e. The first-order valence-corrected chi connectivity index (χ1v) is 6.24. The summed E-state index contributed by atoms with van der Waals surface area (Å²) in [6.07, 6.45) is 0. The zero-order valence-electron chi connectivity index (χ0n) is 11.5. The van der Waals surface area contributed by atoms with Gasteiger partial charge in [0.2, 0.25) is 0 Å². The van der Waals surface area contributed by atoms with Crippen LogP contribution in [-0.4, -0.2) is 11.5 Å². The number of nitrogens with one attached hydrogen (secondary N) is 1. The molecule has 17 heavy (non-hydrogen) atoms. The van der Waals surface area contributed by atoms with Gasteiger partial charge < -0.3 is 11.1 Å². The van der Waals surface area contributed by atoms with Gasteiger partial charge >= 0.3 is 0 Å². The third kappa shape index (κ3) is 1.88. The predicted octanol–water partition coefficient (Wildman–Crippen LogP) is 3.07. The monoisotopic (exact) mass is 233 g/mol. The van der Waals surface area contributed by atoms with E-state index in [1.165, 1.54) is 0 Å². The Kier molecular flexibility index (Phi) is 2.60. The smallest absolute Gasteiger partial charge is 0.126 e. The van der Waals surface area contributed by atoms with Crippen molar-refractivity contribution >= 4 is 11.5 Å². The SMILES string of the molecule is Cc1nc(NCC2C(C)(C)C2(C)C)ccc1N. The lowest BCUT2D eigenvalue weighted by molar-refractivity contribution is 0.457. The third-order valence-electron chi connectivity index (χ3n) is 4.93. The van der Waals surface area contributed by atoms with Gasteiger partial charge in [-0.1, -0.05) is 27.7 Å². The Hall–Kier alpha value is -1.25. The number of pyridine rings is 1. The van der Waals surface area contributed by atoms with E-state index >= 15 is 0 Å². The van der Waals surface area contributed by atoms with Crippen molar-refractivity contribution in [2.75, 3.05) is 17.6 Å². The number of nitrogen functional groups attached to an aromatic ring is 1. The lowest BCUT2D eigenvalue weighted by atomic mass is 10.0. The van der Waals surface area contributed by atoms with Crippen molar-refractivity contribution in [1.82, 2.24) is 4.98 Å². The summed E-state index contributed by atoms with van der Waals surface area (Å²) in [5, 5.41) is 3.42. The van der Waals surface area contributed by atoms with E-state index in [-0.39, 0.29) is 0 Å². The molecule has 0 aliphatic heterocycles. The molecule has 0 bridgehead atoms. The molecule has 0 saturated heterocycles. The van der Waals surface area contributed by atoms with Gasteiger partial charge in [-0.25, -0.2) is 4.98 Å². The van der Waals surface area contributed by atoms with Crippen molar-refractivity contribution in [3.8, 4) is 0 Å². The number of nitrogens with two attached hydrogens (primary N) is 1. The molecule has 1 aromatic heterocycles. The largest absolute Gasteiger partial charge is 0.397 e. The average molecular weight is 233 g/mol. The summed E-state index contributed by atoms with van der Waals surface area (Å²) < 4.78 is 0. The van der Waals surface area contributed by atoms with Crippen molar-refractivity contribution in [3.63, 3.8) is 0 Å². The van der Waals surface area contributed by atoms with E-state index in [1.54, 1.807) is 0 Å². The summed E-state index contributed by atoms with van der Waals surface area (Å²) in [4.78, 5) is 4.43. The summed E-state index contributed by atoms with van der Waals surface area (Å²) in [5.41, 5.74) is 8.24. The maximum absolute atomic E-state index is 5.75. The Balaban J connectivity index is 1.98. The van der Waals surface area contributed by atoms with Gasteiger partial charge in [0.25, 0.3) is 0 Å². The zero-order valence-corrected chi connectivity index (χ0v) is 11.5. The highest BCUT2D eigenvalue weighted by molar-refractivity contribution is 5.49. The molecule has 1 saturated carbocycles. The molecule has 3 N–H and O–H groups in total. The minimum absolute atomic E-state index is 0.419. The van der Waals surface area contributed by atoms with Gasteiger partial charge in [0.05, 0.1) is 11.4 Å². The van der Waals surface area contributed by atoms with Crippen LogP contribution < -0.4 is 11.1 Å². The quantitative estimate of drug-likeness (QED) is 0.843. The standard InChI is InChI=1S/C14H23N3/c1-9-10(15)6-7-12(17-9)16-8-11-13(2,3)14(11,4)5/h6-7,11H,8,15H2,1-5H3,(H,16,17). The van der Waals surface area contributed by atoms with Crippen LogP contribution in [0.4, 0.5) is 11.5 Å². The molecular formula is C14H23N3. The van der Waals surface area contributed by atoms with Crippen LogP contribution in [0.1, 0.15) is 33.4 Å². The van der Waals surface area contributed by atoms with E-state index in [9.17, 15) is 0 Å². The van der Waals surface area contributed by atoms with E-state index in [0.717, 1.165) is 23.7 Å². The number of hydrogen-bond donors (Lipinski definition) is 2. The highest BCUT2D eigenvalue weighted by Gasteiger charge is 2.64. The minimum atomic E-state index is 0.419. The summed E-state index contributed by atoms with van der Waals surface area (Å²) in [6.45, 7) is 12.3. The first kappa shape index (κ1) is 12.2. The molecule has 2 rings (SSSR count). The van der Waals surface area contributed by atoms with Crippen molar-refractivity contribution in [2.45, 2.75) is 34.6 Å². The van der Waals surface area contributed by atoms with Crippen molar-refractivity contribution in [3.05, 3.63) is 17.8 Å². The van der Waals surface area contributed by atoms with Crippen LogP contribution in [0.25, 0.3) is 0 Å². The molecular weight excluding hydrogens is 210 g/mol. The fraction of sp³-hybridized carbons (Fsp3) is 0.643. The van der Waals surface area contributed by atoms with Gasteiger partial charge in [-0.05, 0) is 35.8 Å². The van der Waals surface area contributed by atoms with E-state index in [4.69, 9.17) is 5.73 Å². The fourth-order valence-corrected chi connectivity index (χ4v) is 2.72. The van der Waals surface area contributed by atoms with Gasteiger partial charge in [0, 0.05) is 6.54 Å². The molecule has 0 radical (unpaired) electrons. The highest BCUT2D eigenvalue weighted by Crippen LogP contribution is 2.68. The molecule has 94 valence electrons. The lowest BCUT2D eigenvalue weighted by Crippen LogP contribution is -2.10. The summed E-state index contributed by atoms with van der Waals surface area (Å²) in [6, 6.07) is 3.86. The van der Waals surface area contributed by atoms with Gasteiger partial charge in [0.15, 0.2) is 0 Å². The molecule has 0 aromatic carbocycles. The predicted molar refractivity (Wildman–Crippen MR) is 72.9 cm³/mol. The van der Waals surface area contributed by atoms with E-state index in [2.05, 4.69) is 38.0 Å². The number of anilines is 2. The highest BCUT2D eigenvalue weighted by atomic mass is 15.0. The molecule has 1 aliphatic rings. The van der Waals surface area contributed by atoms with Crippen LogP contribution in [0.5, 0.6) is 0 Å². The normalized spacial score (nSPS) is 21.2. The first-order valence-electron chi connectivity index (χ1n) is 6.24. The summed E-state index contributed by atoms with van der Waals surface area (Å²) >= 11 is 0. The third-order valence-corrected chi connectivity index (χ3v) is 4.93. The van der Waals surface area contributed by atoms with Gasteiger partial charge in [0.1, 0.15) is 5.82 Å². The summed E-state index contributed by atoms with van der Waals surface area (Å²) in [7, 11) is 0. The van der Waals surface area contributed by atoms with Gasteiger partial charge in [-0.3, -0.25) is 0 Å². The molecule has 0 spiro atoms. The Morgan fingerprint density at radius 2 is 1.82 bits per heavy atom. The number of aryl methyl sites for hydroxylation is 1. The topological polar surface area (TPSA) is 50.9 Å². The second kappa shape index (κ2) is 3.62. The zero-order chi connectivity index (χ0) is 12.8. The van der Waals surface area contributed by atoms with Crippen LogP contribution in [0.3, 0.4) is 0 Å². The molecule has 0 unspecified atom stereocenters. The Morgan fingerprint density at radius 1 is 1.24 bits per heavy atom. The van der Waals surface area contributed by atoms with Crippen LogP contribution in [0, 0.1) is 23.7 Å². The van der Waals surface area contributed by atoms with Crippen LogP contribution in [0.15, 0.2) is 12.1 Å². The van der Waals surface area contributed by atoms with Gasteiger partial charge in [-0.15, -0.1) is 0 Å². The first-order chi connectivity index (χ1) is 7.76. The molecule has 3 nitrogen and oxygen atoms in total. The molecule has 0 atom stereocenters. The average Bonchev–Trinajstić information content (AvgIpc) is 2.61. The van der Waals surface area contributed by atoms with Crippen molar-refractivity contribution < 1.29 is 0 Å². The molecule has 3 heteroatoms. The Bertz CT molecular complexity index is 421. The molecule has 0 amide bonds. The number of nitrogens with zero attached hydrogens (tertiary/aromatic N) is 1. The molecule has 1 fully saturated rings.